The van der Waals surface area contributed by atoms with E-state index < -0.39 is 0 Å². The van der Waals surface area contributed by atoms with Crippen LogP contribution in [0.5, 0.6) is 5.75 Å². The van der Waals surface area contributed by atoms with Crippen molar-refractivity contribution in [2.75, 3.05) is 19.7 Å². The molecule has 0 aliphatic heterocycles. The third-order valence-corrected chi connectivity index (χ3v) is 3.32. The minimum absolute atomic E-state index is 0.796. The van der Waals surface area contributed by atoms with Crippen molar-refractivity contribution in [3.05, 3.63) is 28.8 Å². The predicted molar refractivity (Wildman–Crippen MR) is 78.5 cm³/mol. The van der Waals surface area contributed by atoms with Crippen LogP contribution in [0.3, 0.4) is 0 Å². The maximum absolute atomic E-state index is 5.91. The molecule has 102 valence electrons. The maximum Gasteiger partial charge on any atom is 0.125 e. The van der Waals surface area contributed by atoms with E-state index >= 15 is 0 Å². The number of aryl methyl sites for hydroxylation is 2. The molecule has 0 aliphatic rings. The van der Waals surface area contributed by atoms with E-state index in [1.165, 1.54) is 29.5 Å². The van der Waals surface area contributed by atoms with Crippen LogP contribution in [0.4, 0.5) is 0 Å². The molecule has 0 spiro atoms. The summed E-state index contributed by atoms with van der Waals surface area (Å²) in [5.74, 6) is 1.07. The average Bonchev–Trinajstić information content (AvgIpc) is 2.36. The fourth-order valence-corrected chi connectivity index (χ4v) is 1.95. The summed E-state index contributed by atoms with van der Waals surface area (Å²) in [7, 11) is 0. The second-order valence-corrected chi connectivity index (χ2v) is 4.96. The predicted octanol–water partition coefficient (Wildman–Crippen LogP) is 3.77. The molecule has 0 radical (unpaired) electrons. The number of rotatable bonds is 8. The number of hydrogen-bond acceptors (Lipinski definition) is 2. The zero-order valence-electron chi connectivity index (χ0n) is 12.3. The van der Waals surface area contributed by atoms with Gasteiger partial charge in [0.1, 0.15) is 5.75 Å². The molecule has 2 heteroatoms. The average molecular weight is 249 g/mol. The van der Waals surface area contributed by atoms with E-state index in [4.69, 9.17) is 4.74 Å². The molecule has 1 aromatic carbocycles. The van der Waals surface area contributed by atoms with Crippen LogP contribution in [0.25, 0.3) is 0 Å². The molecule has 0 saturated carbocycles. The highest BCUT2D eigenvalue weighted by atomic mass is 16.5. The Bertz CT molecular complexity index is 360. The van der Waals surface area contributed by atoms with Gasteiger partial charge in [-0.25, -0.2) is 0 Å². The van der Waals surface area contributed by atoms with E-state index in [-0.39, 0.29) is 0 Å². The lowest BCUT2D eigenvalue weighted by molar-refractivity contribution is 0.304. The second-order valence-electron chi connectivity index (χ2n) is 4.96. The Morgan fingerprint density at radius 3 is 2.39 bits per heavy atom. The molecule has 1 N–H and O–H groups in total. The van der Waals surface area contributed by atoms with E-state index in [0.29, 0.717) is 0 Å². The SMILES string of the molecule is CCCCNCCCOc1c(C)ccc(C)c1C. The fraction of sp³-hybridized carbons (Fsp3) is 0.625. The lowest BCUT2D eigenvalue weighted by Gasteiger charge is -2.14. The highest BCUT2D eigenvalue weighted by Gasteiger charge is 2.05. The molecule has 0 atom stereocenters. The van der Waals surface area contributed by atoms with Crippen LogP contribution >= 0.6 is 0 Å². The van der Waals surface area contributed by atoms with E-state index in [1.54, 1.807) is 0 Å². The maximum atomic E-state index is 5.91. The Labute approximate surface area is 112 Å². The molecule has 0 bridgehead atoms. The zero-order valence-corrected chi connectivity index (χ0v) is 12.3. The summed E-state index contributed by atoms with van der Waals surface area (Å²) in [5, 5.41) is 3.43. The van der Waals surface area contributed by atoms with Gasteiger partial charge in [-0.2, -0.15) is 0 Å². The summed E-state index contributed by atoms with van der Waals surface area (Å²) in [6.45, 7) is 11.6. The normalized spacial score (nSPS) is 10.7. The van der Waals surface area contributed by atoms with E-state index in [1.807, 2.05) is 0 Å². The molecular weight excluding hydrogens is 222 g/mol. The Hall–Kier alpha value is -1.02. The Morgan fingerprint density at radius 1 is 1.00 bits per heavy atom. The third kappa shape index (κ3) is 4.69. The molecule has 0 unspecified atom stereocenters. The largest absolute Gasteiger partial charge is 0.493 e. The van der Waals surface area contributed by atoms with Crippen LogP contribution in [0.1, 0.15) is 42.9 Å². The molecule has 0 heterocycles. The second kappa shape index (κ2) is 8.15. The van der Waals surface area contributed by atoms with Gasteiger partial charge >= 0.3 is 0 Å². The van der Waals surface area contributed by atoms with Gasteiger partial charge in [0.05, 0.1) is 6.61 Å². The lowest BCUT2D eigenvalue weighted by Crippen LogP contribution is -2.18. The zero-order chi connectivity index (χ0) is 13.4. The topological polar surface area (TPSA) is 21.3 Å². The van der Waals surface area contributed by atoms with Crippen LogP contribution in [-0.2, 0) is 0 Å². The van der Waals surface area contributed by atoms with Crippen LogP contribution in [0.15, 0.2) is 12.1 Å². The van der Waals surface area contributed by atoms with Crippen molar-refractivity contribution in [3.63, 3.8) is 0 Å². The fourth-order valence-electron chi connectivity index (χ4n) is 1.95. The summed E-state index contributed by atoms with van der Waals surface area (Å²) in [6, 6.07) is 4.29. The number of benzene rings is 1. The standard InChI is InChI=1S/C16H27NO/c1-5-6-10-17-11-7-12-18-16-14(3)9-8-13(2)15(16)4/h8-9,17H,5-7,10-12H2,1-4H3. The number of hydrogen-bond donors (Lipinski definition) is 1. The minimum Gasteiger partial charge on any atom is -0.493 e. The van der Waals surface area contributed by atoms with Gasteiger partial charge in [-0.15, -0.1) is 0 Å². The van der Waals surface area contributed by atoms with Crippen LogP contribution in [-0.4, -0.2) is 19.7 Å². The monoisotopic (exact) mass is 249 g/mol. The number of ether oxygens (including phenoxy) is 1. The minimum atomic E-state index is 0.796. The number of unbranched alkanes of at least 4 members (excludes halogenated alkanes) is 1. The molecule has 0 saturated heterocycles. The smallest absolute Gasteiger partial charge is 0.125 e. The highest BCUT2D eigenvalue weighted by molar-refractivity contribution is 5.44. The molecule has 0 amide bonds. The van der Waals surface area contributed by atoms with Crippen LogP contribution < -0.4 is 10.1 Å². The molecule has 0 aromatic heterocycles. The van der Waals surface area contributed by atoms with E-state index in [9.17, 15) is 0 Å². The van der Waals surface area contributed by atoms with Gasteiger partial charge < -0.3 is 10.1 Å². The van der Waals surface area contributed by atoms with Gasteiger partial charge in [-0.3, -0.25) is 0 Å². The molecule has 2 nitrogen and oxygen atoms in total. The van der Waals surface area contributed by atoms with Gasteiger partial charge in [0.15, 0.2) is 0 Å². The van der Waals surface area contributed by atoms with Crippen LogP contribution in [0, 0.1) is 20.8 Å². The van der Waals surface area contributed by atoms with E-state index in [2.05, 4.69) is 45.1 Å². The molecule has 1 aromatic rings. The summed E-state index contributed by atoms with van der Waals surface area (Å²) in [6.07, 6.45) is 3.58. The van der Waals surface area contributed by atoms with Crippen molar-refractivity contribution in [1.29, 1.82) is 0 Å². The van der Waals surface area contributed by atoms with Gasteiger partial charge in [0.2, 0.25) is 0 Å². The van der Waals surface area contributed by atoms with Crippen LogP contribution in [0.2, 0.25) is 0 Å². The Kier molecular flexibility index (Phi) is 6.81. The number of nitrogens with one attached hydrogen (secondary N) is 1. The summed E-state index contributed by atoms with van der Waals surface area (Å²) in [4.78, 5) is 0. The molecule has 0 fully saturated rings. The molecule has 0 aliphatic carbocycles. The molecular formula is C16H27NO. The lowest BCUT2D eigenvalue weighted by atomic mass is 10.1. The summed E-state index contributed by atoms with van der Waals surface area (Å²) >= 11 is 0. The van der Waals surface area contributed by atoms with Gasteiger partial charge in [0, 0.05) is 0 Å². The first-order valence-electron chi connectivity index (χ1n) is 7.07. The van der Waals surface area contributed by atoms with Crippen molar-refractivity contribution in [1.82, 2.24) is 5.32 Å². The quantitative estimate of drug-likeness (QED) is 0.708. The summed E-state index contributed by atoms with van der Waals surface area (Å²) in [5.41, 5.74) is 3.81. The molecule has 1 rings (SSSR count). The van der Waals surface area contributed by atoms with Crippen molar-refractivity contribution < 1.29 is 4.74 Å². The Morgan fingerprint density at radius 2 is 1.67 bits per heavy atom. The van der Waals surface area contributed by atoms with Crippen molar-refractivity contribution in [3.8, 4) is 5.75 Å². The Balaban J connectivity index is 2.29. The van der Waals surface area contributed by atoms with Gasteiger partial charge in [-0.1, -0.05) is 25.5 Å². The third-order valence-electron chi connectivity index (χ3n) is 3.32. The molecule has 18 heavy (non-hydrogen) atoms. The van der Waals surface area contributed by atoms with Gasteiger partial charge in [-0.05, 0) is 63.4 Å². The van der Waals surface area contributed by atoms with Crippen molar-refractivity contribution in [2.24, 2.45) is 0 Å². The van der Waals surface area contributed by atoms with E-state index in [0.717, 1.165) is 31.9 Å². The first-order valence-corrected chi connectivity index (χ1v) is 7.07. The van der Waals surface area contributed by atoms with Crippen molar-refractivity contribution in [2.45, 2.75) is 47.0 Å². The first kappa shape index (κ1) is 15.0. The van der Waals surface area contributed by atoms with Gasteiger partial charge in [0.25, 0.3) is 0 Å². The van der Waals surface area contributed by atoms with Crippen molar-refractivity contribution >= 4 is 0 Å². The first-order chi connectivity index (χ1) is 8.66. The summed E-state index contributed by atoms with van der Waals surface area (Å²) < 4.78 is 5.91. The highest BCUT2D eigenvalue weighted by Crippen LogP contribution is 2.25.